The summed E-state index contributed by atoms with van der Waals surface area (Å²) in [5, 5.41) is 5.50. The van der Waals surface area contributed by atoms with E-state index in [1.165, 1.54) is 67.7 Å². The van der Waals surface area contributed by atoms with Crippen molar-refractivity contribution in [2.45, 2.75) is 117 Å². The molecular weight excluding hydrogens is 845 g/mol. The van der Waals surface area contributed by atoms with Gasteiger partial charge in [0.15, 0.2) is 0 Å². The second-order valence-corrected chi connectivity index (χ2v) is 20.7. The summed E-state index contributed by atoms with van der Waals surface area (Å²) in [7, 11) is 2.62. The van der Waals surface area contributed by atoms with Crippen molar-refractivity contribution in [2.24, 2.45) is 29.1 Å². The van der Waals surface area contributed by atoms with E-state index < -0.39 is 24.3 Å². The Morgan fingerprint density at radius 2 is 1.19 bits per heavy atom. The third-order valence-electron chi connectivity index (χ3n) is 15.1. The van der Waals surface area contributed by atoms with Gasteiger partial charge in [0.1, 0.15) is 23.7 Å². The van der Waals surface area contributed by atoms with Crippen molar-refractivity contribution in [3.05, 3.63) is 83.6 Å². The molecule has 2 saturated heterocycles. The molecule has 9 rings (SSSR count). The zero-order valence-electron chi connectivity index (χ0n) is 40.2. The molecule has 2 aromatic heterocycles. The average Bonchev–Trinajstić information content (AvgIpc) is 4.19. The topological polar surface area (TPSA) is 175 Å². The summed E-state index contributed by atoms with van der Waals surface area (Å²) in [6.07, 6.45) is 9.35. The van der Waals surface area contributed by atoms with Crippen molar-refractivity contribution in [1.29, 1.82) is 0 Å². The molecule has 4 heterocycles. The molecule has 3 fully saturated rings. The smallest absolute Gasteiger partial charge is 0.407 e. The SMILES string of the molecule is COC(=O)N[C@H](C(=O)N1C[C@@H](C)C[C@H]1c1ncc(-c2ccc(-c3ccc(-c4ccc5nc([C@@H]6C[C@H](C)CN6C(=O)[C@@H](NC(=O)OC)C(C)C)[nH]c5c4)c4c3CC3(CCCC3)C4)cc2)[nH]1)C(C)C. The zero-order valence-corrected chi connectivity index (χ0v) is 40.2. The van der Waals surface area contributed by atoms with Gasteiger partial charge in [0.05, 0.1) is 49.2 Å². The number of carbonyl (C=O) groups excluding carboxylic acids is 4. The minimum Gasteiger partial charge on any atom is -0.453 e. The predicted molar refractivity (Wildman–Crippen MR) is 258 cm³/mol. The number of rotatable bonds is 11. The number of nitrogens with one attached hydrogen (secondary N) is 4. The molecule has 2 aliphatic carbocycles. The number of fused-ring (bicyclic) bond motifs is 2. The van der Waals surface area contributed by atoms with Crippen molar-refractivity contribution in [3.8, 4) is 33.5 Å². The molecule has 4 amide bonds. The lowest BCUT2D eigenvalue weighted by Gasteiger charge is -2.30. The van der Waals surface area contributed by atoms with Crippen LogP contribution < -0.4 is 10.6 Å². The molecule has 5 aromatic rings. The van der Waals surface area contributed by atoms with Crippen molar-refractivity contribution in [3.63, 3.8) is 0 Å². The van der Waals surface area contributed by atoms with E-state index in [1.54, 1.807) is 0 Å². The Balaban J connectivity index is 0.974. The molecule has 4 N–H and O–H groups in total. The molecule has 6 atom stereocenters. The van der Waals surface area contributed by atoms with E-state index in [2.05, 4.69) is 89.0 Å². The standard InChI is InChI=1S/C53H66N8O6/c1-29(2)45(58-51(64)66-7)49(62)60-27-31(5)21-43(60)47-54-26-42(57-47)34-13-11-33(12-14-34)36-16-17-37(39-25-53(24-38(36)39)19-9-10-20-53)35-15-18-40-41(23-35)56-48(55-40)44-22-32(6)28-61(44)50(63)46(30(3)4)59-52(65)67-8/h11-18,23,26,29-32,43-46H,9-10,19-22,24-25,27-28H2,1-8H3,(H,54,57)(H,55,56)(H,58,64)(H,59,65)/t31-,32-,43-,44-,45-,46-/m0/s1. The van der Waals surface area contributed by atoms with Gasteiger partial charge in [-0.05, 0) is 119 Å². The number of carbonyl (C=O) groups is 4. The zero-order chi connectivity index (χ0) is 47.3. The number of benzene rings is 3. The van der Waals surface area contributed by atoms with E-state index in [9.17, 15) is 19.2 Å². The molecule has 0 bridgehead atoms. The maximum atomic E-state index is 14.0. The fourth-order valence-electron chi connectivity index (χ4n) is 11.6. The monoisotopic (exact) mass is 911 g/mol. The first kappa shape index (κ1) is 46.0. The highest BCUT2D eigenvalue weighted by atomic mass is 16.5. The van der Waals surface area contributed by atoms with Crippen molar-refractivity contribution in [2.75, 3.05) is 27.3 Å². The van der Waals surface area contributed by atoms with Crippen LogP contribution in [0.2, 0.25) is 0 Å². The molecule has 4 aliphatic rings. The second kappa shape index (κ2) is 18.5. The molecule has 0 radical (unpaired) electrons. The first-order valence-electron chi connectivity index (χ1n) is 24.3. The number of hydrogen-bond donors (Lipinski definition) is 4. The van der Waals surface area contributed by atoms with Crippen LogP contribution in [0.3, 0.4) is 0 Å². The molecular formula is C53H66N8O6. The maximum absolute atomic E-state index is 14.0. The normalized spacial score (nSPS) is 21.9. The number of H-pyrrole nitrogens is 2. The lowest BCUT2D eigenvalue weighted by molar-refractivity contribution is -0.136. The predicted octanol–water partition coefficient (Wildman–Crippen LogP) is 9.53. The van der Waals surface area contributed by atoms with Crippen LogP contribution in [0.5, 0.6) is 0 Å². The third kappa shape index (κ3) is 8.91. The number of likely N-dealkylation sites (tertiary alicyclic amines) is 2. The van der Waals surface area contributed by atoms with Crippen LogP contribution in [0, 0.1) is 29.1 Å². The largest absolute Gasteiger partial charge is 0.453 e. The van der Waals surface area contributed by atoms with Gasteiger partial charge in [-0.2, -0.15) is 0 Å². The summed E-state index contributed by atoms with van der Waals surface area (Å²) in [5.41, 5.74) is 11.7. The average molecular weight is 911 g/mol. The summed E-state index contributed by atoms with van der Waals surface area (Å²) in [6.45, 7) is 13.2. The molecule has 67 heavy (non-hydrogen) atoms. The minimum atomic E-state index is -0.701. The van der Waals surface area contributed by atoms with Gasteiger partial charge in [-0.15, -0.1) is 0 Å². The van der Waals surface area contributed by atoms with E-state index in [-0.39, 0.29) is 53.0 Å². The molecule has 2 aliphatic heterocycles. The Kier molecular flexibility index (Phi) is 12.7. The van der Waals surface area contributed by atoms with Crippen LogP contribution in [0.15, 0.2) is 60.8 Å². The molecule has 3 aromatic carbocycles. The number of ether oxygens (including phenoxy) is 2. The summed E-state index contributed by atoms with van der Waals surface area (Å²) in [4.78, 5) is 73.0. The van der Waals surface area contributed by atoms with Crippen LogP contribution >= 0.6 is 0 Å². The Morgan fingerprint density at radius 1 is 0.687 bits per heavy atom. The Labute approximate surface area is 393 Å². The Bertz CT molecular complexity index is 2660. The van der Waals surface area contributed by atoms with Crippen LogP contribution in [0.25, 0.3) is 44.5 Å². The van der Waals surface area contributed by atoms with Gasteiger partial charge < -0.3 is 39.9 Å². The highest BCUT2D eigenvalue weighted by Gasteiger charge is 2.44. The van der Waals surface area contributed by atoms with Crippen LogP contribution in [0.4, 0.5) is 9.59 Å². The lowest BCUT2D eigenvalue weighted by atomic mass is 9.82. The van der Waals surface area contributed by atoms with E-state index in [0.717, 1.165) is 65.2 Å². The fraction of sp³-hybridized carbons (Fsp3) is 0.509. The van der Waals surface area contributed by atoms with Crippen molar-refractivity contribution in [1.82, 2.24) is 40.4 Å². The van der Waals surface area contributed by atoms with Gasteiger partial charge >= 0.3 is 12.2 Å². The van der Waals surface area contributed by atoms with Gasteiger partial charge in [0, 0.05) is 13.1 Å². The number of amides is 4. The first-order chi connectivity index (χ1) is 32.1. The lowest BCUT2D eigenvalue weighted by Crippen LogP contribution is -2.51. The van der Waals surface area contributed by atoms with E-state index in [4.69, 9.17) is 19.4 Å². The van der Waals surface area contributed by atoms with Crippen LogP contribution in [-0.4, -0.2) is 93.1 Å². The molecule has 14 nitrogen and oxygen atoms in total. The maximum Gasteiger partial charge on any atom is 0.407 e. The number of hydrogen-bond acceptors (Lipinski definition) is 8. The van der Waals surface area contributed by atoms with E-state index in [1.807, 2.05) is 43.7 Å². The highest BCUT2D eigenvalue weighted by Crippen LogP contribution is 2.53. The number of alkyl carbamates (subject to hydrolysis) is 2. The van der Waals surface area contributed by atoms with Gasteiger partial charge in [-0.1, -0.05) is 96.8 Å². The third-order valence-corrected chi connectivity index (χ3v) is 15.1. The summed E-state index contributed by atoms with van der Waals surface area (Å²) >= 11 is 0. The van der Waals surface area contributed by atoms with Gasteiger partial charge in [-0.3, -0.25) is 9.59 Å². The number of imidazole rings is 2. The Morgan fingerprint density at radius 3 is 1.73 bits per heavy atom. The van der Waals surface area contributed by atoms with Gasteiger partial charge in [-0.25, -0.2) is 19.6 Å². The number of aromatic nitrogens is 4. The molecule has 354 valence electrons. The summed E-state index contributed by atoms with van der Waals surface area (Å²) < 4.78 is 9.68. The van der Waals surface area contributed by atoms with Crippen molar-refractivity contribution < 1.29 is 28.7 Å². The highest BCUT2D eigenvalue weighted by molar-refractivity contribution is 5.89. The molecule has 0 unspecified atom stereocenters. The van der Waals surface area contributed by atoms with E-state index in [0.29, 0.717) is 13.1 Å². The second-order valence-electron chi connectivity index (χ2n) is 20.7. The Hall–Kier alpha value is -6.18. The van der Waals surface area contributed by atoms with Crippen molar-refractivity contribution >= 4 is 35.0 Å². The number of methoxy groups -OCH3 is 2. The molecule has 1 saturated carbocycles. The molecule has 1 spiro atoms. The minimum absolute atomic E-state index is 0.113. The first-order valence-corrected chi connectivity index (χ1v) is 24.3. The van der Waals surface area contributed by atoms with E-state index >= 15 is 0 Å². The molecule has 14 heteroatoms. The van der Waals surface area contributed by atoms with Gasteiger partial charge in [0.2, 0.25) is 11.8 Å². The van der Waals surface area contributed by atoms with Gasteiger partial charge in [0.25, 0.3) is 0 Å². The summed E-state index contributed by atoms with van der Waals surface area (Å²) in [5.74, 6) is 1.58. The number of nitrogens with zero attached hydrogens (tertiary/aromatic N) is 4. The number of aromatic amines is 2. The summed E-state index contributed by atoms with van der Waals surface area (Å²) in [6, 6.07) is 18.0. The quantitative estimate of drug-likeness (QED) is 0.101. The van der Waals surface area contributed by atoms with Crippen LogP contribution in [-0.2, 0) is 31.9 Å². The fourth-order valence-corrected chi connectivity index (χ4v) is 11.6. The van der Waals surface area contributed by atoms with Crippen LogP contribution in [0.1, 0.15) is 115 Å².